The highest BCUT2D eigenvalue weighted by molar-refractivity contribution is 7.12. The molecule has 0 radical (unpaired) electrons. The van der Waals surface area contributed by atoms with Gasteiger partial charge in [-0.25, -0.2) is 0 Å². The van der Waals surface area contributed by atoms with Gasteiger partial charge in [0.1, 0.15) is 6.04 Å². The molecule has 3 amide bonds. The van der Waals surface area contributed by atoms with Gasteiger partial charge in [0.2, 0.25) is 5.91 Å². The van der Waals surface area contributed by atoms with E-state index in [0.29, 0.717) is 35.6 Å². The van der Waals surface area contributed by atoms with E-state index in [4.69, 9.17) is 0 Å². The Morgan fingerprint density at radius 2 is 1.59 bits per heavy atom. The summed E-state index contributed by atoms with van der Waals surface area (Å²) in [6.45, 7) is 5.15. The first-order valence-electron chi connectivity index (χ1n) is 10.6. The van der Waals surface area contributed by atoms with Crippen molar-refractivity contribution in [1.82, 2.24) is 10.2 Å². The molecule has 2 N–H and O–H groups in total. The molecule has 0 aliphatic rings. The topological polar surface area (TPSA) is 78.5 Å². The molecule has 1 aromatic heterocycles. The van der Waals surface area contributed by atoms with Crippen molar-refractivity contribution in [2.45, 2.75) is 26.3 Å². The number of nitrogens with zero attached hydrogens (tertiary/aromatic N) is 1. The molecule has 0 unspecified atom stereocenters. The van der Waals surface area contributed by atoms with Gasteiger partial charge in [0.15, 0.2) is 0 Å². The Morgan fingerprint density at radius 1 is 0.906 bits per heavy atom. The normalized spacial score (nSPS) is 11.4. The van der Waals surface area contributed by atoms with Gasteiger partial charge in [0.05, 0.1) is 4.88 Å². The maximum atomic E-state index is 13.0. The second-order valence-electron chi connectivity index (χ2n) is 7.24. The molecule has 0 saturated carbocycles. The van der Waals surface area contributed by atoms with Crippen LogP contribution in [0.15, 0.2) is 72.1 Å². The predicted molar refractivity (Wildman–Crippen MR) is 128 cm³/mol. The summed E-state index contributed by atoms with van der Waals surface area (Å²) in [4.78, 5) is 40.4. The number of hydrogen-bond acceptors (Lipinski definition) is 4. The average Bonchev–Trinajstić information content (AvgIpc) is 3.36. The van der Waals surface area contributed by atoms with Crippen LogP contribution in [0.25, 0.3) is 0 Å². The van der Waals surface area contributed by atoms with Crippen LogP contribution in [0.1, 0.15) is 39.4 Å². The fraction of sp³-hybridized carbons (Fsp3) is 0.240. The van der Waals surface area contributed by atoms with E-state index in [-0.39, 0.29) is 17.7 Å². The molecule has 2 aromatic carbocycles. The zero-order chi connectivity index (χ0) is 22.9. The van der Waals surface area contributed by atoms with E-state index in [0.717, 1.165) is 5.56 Å². The Kier molecular flexibility index (Phi) is 8.16. The molecule has 0 aliphatic carbocycles. The van der Waals surface area contributed by atoms with Gasteiger partial charge in [-0.2, -0.15) is 0 Å². The van der Waals surface area contributed by atoms with Gasteiger partial charge in [0, 0.05) is 30.8 Å². The Balaban J connectivity index is 1.72. The third-order valence-corrected chi connectivity index (χ3v) is 5.97. The summed E-state index contributed by atoms with van der Waals surface area (Å²) in [7, 11) is 0. The number of anilines is 1. The van der Waals surface area contributed by atoms with Crippen LogP contribution < -0.4 is 10.6 Å². The van der Waals surface area contributed by atoms with Crippen molar-refractivity contribution in [2.75, 3.05) is 18.4 Å². The Hall–Kier alpha value is -3.45. The molecule has 0 aliphatic heterocycles. The van der Waals surface area contributed by atoms with Gasteiger partial charge in [-0.3, -0.25) is 14.4 Å². The van der Waals surface area contributed by atoms with Crippen molar-refractivity contribution in [3.8, 4) is 0 Å². The lowest BCUT2D eigenvalue weighted by molar-refractivity contribution is -0.118. The predicted octanol–water partition coefficient (Wildman–Crippen LogP) is 4.21. The van der Waals surface area contributed by atoms with Crippen molar-refractivity contribution < 1.29 is 14.4 Å². The van der Waals surface area contributed by atoms with Crippen LogP contribution in [0.3, 0.4) is 0 Å². The molecule has 0 spiro atoms. The summed E-state index contributed by atoms with van der Waals surface area (Å²) >= 11 is 1.33. The lowest BCUT2D eigenvalue weighted by Crippen LogP contribution is -2.45. The Morgan fingerprint density at radius 3 is 2.19 bits per heavy atom. The number of thiophene rings is 1. The first-order chi connectivity index (χ1) is 15.5. The van der Waals surface area contributed by atoms with Crippen LogP contribution in [-0.4, -0.2) is 41.8 Å². The van der Waals surface area contributed by atoms with Gasteiger partial charge in [-0.1, -0.05) is 36.4 Å². The molecule has 0 saturated heterocycles. The van der Waals surface area contributed by atoms with Crippen molar-refractivity contribution in [2.24, 2.45) is 0 Å². The van der Waals surface area contributed by atoms with Crippen molar-refractivity contribution in [1.29, 1.82) is 0 Å². The molecule has 0 fully saturated rings. The highest BCUT2D eigenvalue weighted by Crippen LogP contribution is 2.14. The van der Waals surface area contributed by atoms with E-state index in [2.05, 4.69) is 10.6 Å². The molecule has 1 atom stereocenters. The third kappa shape index (κ3) is 6.04. The summed E-state index contributed by atoms with van der Waals surface area (Å²) in [6.07, 6.45) is 0.363. The molecular formula is C25H27N3O3S. The highest BCUT2D eigenvalue weighted by Gasteiger charge is 2.23. The molecule has 166 valence electrons. The number of rotatable bonds is 9. The van der Waals surface area contributed by atoms with Crippen LogP contribution in [0, 0.1) is 0 Å². The second-order valence-corrected chi connectivity index (χ2v) is 8.18. The average molecular weight is 450 g/mol. The van der Waals surface area contributed by atoms with Crippen molar-refractivity contribution in [3.05, 3.63) is 88.1 Å². The fourth-order valence-electron chi connectivity index (χ4n) is 3.32. The van der Waals surface area contributed by atoms with E-state index < -0.39 is 6.04 Å². The molecule has 3 aromatic rings. The monoisotopic (exact) mass is 449 g/mol. The van der Waals surface area contributed by atoms with Gasteiger partial charge in [-0.05, 0) is 55.1 Å². The summed E-state index contributed by atoms with van der Waals surface area (Å²) < 4.78 is 0. The number of carbonyl (C=O) groups is 3. The molecule has 3 rings (SSSR count). The van der Waals surface area contributed by atoms with E-state index >= 15 is 0 Å². The smallest absolute Gasteiger partial charge is 0.262 e. The largest absolute Gasteiger partial charge is 0.339 e. The van der Waals surface area contributed by atoms with Crippen LogP contribution in [0.5, 0.6) is 0 Å². The van der Waals surface area contributed by atoms with Crippen molar-refractivity contribution >= 4 is 34.7 Å². The SMILES string of the molecule is CCN(CC)C(=O)c1ccc(NC(=O)[C@H](Cc2ccccc2)NC(=O)c2cccs2)cc1. The fourth-order valence-corrected chi connectivity index (χ4v) is 3.94. The third-order valence-electron chi connectivity index (χ3n) is 5.10. The maximum Gasteiger partial charge on any atom is 0.262 e. The number of benzene rings is 2. The van der Waals surface area contributed by atoms with Gasteiger partial charge in [-0.15, -0.1) is 11.3 Å². The lowest BCUT2D eigenvalue weighted by Gasteiger charge is -2.20. The minimum Gasteiger partial charge on any atom is -0.339 e. The van der Waals surface area contributed by atoms with E-state index in [1.165, 1.54) is 11.3 Å². The van der Waals surface area contributed by atoms with Gasteiger partial charge in [0.25, 0.3) is 11.8 Å². The van der Waals surface area contributed by atoms with E-state index in [1.54, 1.807) is 41.3 Å². The quantitative estimate of drug-likeness (QED) is 0.514. The molecule has 0 bridgehead atoms. The molecular weight excluding hydrogens is 422 g/mol. The van der Waals surface area contributed by atoms with Gasteiger partial charge >= 0.3 is 0 Å². The molecule has 32 heavy (non-hydrogen) atoms. The second kappa shape index (κ2) is 11.2. The Labute approximate surface area is 192 Å². The van der Waals surface area contributed by atoms with Crippen LogP contribution in [-0.2, 0) is 11.2 Å². The standard InChI is InChI=1S/C25H27N3O3S/c1-3-28(4-2)25(31)19-12-14-20(15-13-19)26-23(29)21(17-18-9-6-5-7-10-18)27-24(30)22-11-8-16-32-22/h5-16,21H,3-4,17H2,1-2H3,(H,26,29)(H,27,30)/t21-/m0/s1. The number of amides is 3. The van der Waals surface area contributed by atoms with Crippen LogP contribution in [0.2, 0.25) is 0 Å². The van der Waals surface area contributed by atoms with Crippen LogP contribution >= 0.6 is 11.3 Å². The molecule has 1 heterocycles. The Bertz CT molecular complexity index is 1030. The summed E-state index contributed by atoms with van der Waals surface area (Å²) in [5.41, 5.74) is 2.08. The summed E-state index contributed by atoms with van der Waals surface area (Å²) in [6, 6.07) is 19.1. The van der Waals surface area contributed by atoms with Crippen molar-refractivity contribution in [3.63, 3.8) is 0 Å². The zero-order valence-corrected chi connectivity index (χ0v) is 19.0. The van der Waals surface area contributed by atoms with Crippen LogP contribution in [0.4, 0.5) is 5.69 Å². The van der Waals surface area contributed by atoms with Gasteiger partial charge < -0.3 is 15.5 Å². The lowest BCUT2D eigenvalue weighted by atomic mass is 10.0. The number of nitrogens with one attached hydrogen (secondary N) is 2. The zero-order valence-electron chi connectivity index (χ0n) is 18.2. The minimum atomic E-state index is -0.746. The first kappa shape index (κ1) is 23.2. The summed E-state index contributed by atoms with van der Waals surface area (Å²) in [5.74, 6) is -0.643. The van der Waals surface area contributed by atoms with E-state index in [1.807, 2.05) is 49.6 Å². The molecule has 7 heteroatoms. The minimum absolute atomic E-state index is 0.0435. The van der Waals surface area contributed by atoms with E-state index in [9.17, 15) is 14.4 Å². The number of carbonyl (C=O) groups excluding carboxylic acids is 3. The highest BCUT2D eigenvalue weighted by atomic mass is 32.1. The maximum absolute atomic E-state index is 13.0. The number of hydrogen-bond donors (Lipinski definition) is 2. The summed E-state index contributed by atoms with van der Waals surface area (Å²) in [5, 5.41) is 7.53. The first-order valence-corrected chi connectivity index (χ1v) is 11.5. The molecule has 6 nitrogen and oxygen atoms in total.